The molecule has 1 aliphatic carbocycles. The van der Waals surface area contributed by atoms with Gasteiger partial charge >= 0.3 is 5.97 Å². The van der Waals surface area contributed by atoms with E-state index in [0.717, 1.165) is 30.3 Å². The molecule has 192 valence electrons. The van der Waals surface area contributed by atoms with Gasteiger partial charge in [-0.05, 0) is 31.0 Å². The van der Waals surface area contributed by atoms with Gasteiger partial charge in [0.05, 0.1) is 17.9 Å². The molecule has 1 amide bonds. The lowest BCUT2D eigenvalue weighted by Crippen LogP contribution is -2.33. The molecule has 0 radical (unpaired) electrons. The zero-order valence-corrected chi connectivity index (χ0v) is 21.7. The number of esters is 1. The number of hydrogen-bond acceptors (Lipinski definition) is 9. The molecular formula is C24H34N4O5S2. The fraction of sp³-hybridized carbons (Fsp3) is 0.542. The number of benzene rings is 1. The number of aromatic nitrogens is 1. The van der Waals surface area contributed by atoms with Crippen LogP contribution < -0.4 is 20.7 Å². The first-order valence-corrected chi connectivity index (χ1v) is 14.6. The van der Waals surface area contributed by atoms with E-state index in [-0.39, 0.29) is 33.8 Å². The highest BCUT2D eigenvalue weighted by Gasteiger charge is 2.19. The van der Waals surface area contributed by atoms with E-state index in [1.807, 2.05) is 0 Å². The third kappa shape index (κ3) is 8.68. The Balaban J connectivity index is 1.41. The number of hydrogen-bond donors (Lipinski definition) is 3. The van der Waals surface area contributed by atoms with Gasteiger partial charge in [-0.1, -0.05) is 51.2 Å². The summed E-state index contributed by atoms with van der Waals surface area (Å²) in [5, 5.41) is 10.5. The summed E-state index contributed by atoms with van der Waals surface area (Å²) >= 11 is 1.02. The highest BCUT2D eigenvalue weighted by Crippen LogP contribution is 2.26. The van der Waals surface area contributed by atoms with E-state index >= 15 is 0 Å². The van der Waals surface area contributed by atoms with Crippen molar-refractivity contribution < 1.29 is 22.7 Å². The number of rotatable bonds is 13. The molecule has 11 heteroatoms. The van der Waals surface area contributed by atoms with Crippen LogP contribution in [0.15, 0.2) is 34.7 Å². The first-order valence-electron chi connectivity index (χ1n) is 12.1. The molecule has 35 heavy (non-hydrogen) atoms. The van der Waals surface area contributed by atoms with Crippen LogP contribution in [0.2, 0.25) is 0 Å². The minimum atomic E-state index is -3.46. The van der Waals surface area contributed by atoms with Gasteiger partial charge in [0, 0.05) is 18.5 Å². The first kappa shape index (κ1) is 27.3. The van der Waals surface area contributed by atoms with Crippen molar-refractivity contribution in [3.8, 4) is 5.75 Å². The predicted molar refractivity (Wildman–Crippen MR) is 137 cm³/mol. The molecule has 0 bridgehead atoms. The van der Waals surface area contributed by atoms with Crippen molar-refractivity contribution in [1.82, 2.24) is 15.6 Å². The lowest BCUT2D eigenvalue weighted by Gasteiger charge is -2.21. The number of anilines is 1. The van der Waals surface area contributed by atoms with Gasteiger partial charge in [-0.25, -0.2) is 13.4 Å². The maximum atomic E-state index is 12.7. The van der Waals surface area contributed by atoms with E-state index in [4.69, 9.17) is 4.74 Å². The van der Waals surface area contributed by atoms with Crippen LogP contribution in [0, 0.1) is 5.92 Å². The van der Waals surface area contributed by atoms with Crippen molar-refractivity contribution >= 4 is 38.2 Å². The Morgan fingerprint density at radius 1 is 1.09 bits per heavy atom. The largest absolute Gasteiger partial charge is 0.425 e. The molecule has 0 atom stereocenters. The molecule has 1 aliphatic rings. The number of ether oxygens (including phenoxy) is 1. The van der Waals surface area contributed by atoms with E-state index < -0.39 is 21.7 Å². The molecule has 9 nitrogen and oxygen atoms in total. The number of amides is 1. The van der Waals surface area contributed by atoms with Crippen molar-refractivity contribution in [2.24, 2.45) is 5.92 Å². The molecule has 0 unspecified atom stereocenters. The molecule has 1 fully saturated rings. The van der Waals surface area contributed by atoms with Crippen LogP contribution in [0.25, 0.3) is 0 Å². The smallest absolute Gasteiger partial charge is 0.325 e. The summed E-state index contributed by atoms with van der Waals surface area (Å²) in [6.07, 6.45) is 7.98. The molecule has 1 aromatic carbocycles. The second kappa shape index (κ2) is 13.7. The number of nitrogens with one attached hydrogen (secondary N) is 3. The minimum Gasteiger partial charge on any atom is -0.425 e. The molecule has 1 aromatic heterocycles. The van der Waals surface area contributed by atoms with Gasteiger partial charge < -0.3 is 15.4 Å². The fourth-order valence-corrected chi connectivity index (χ4v) is 5.83. The monoisotopic (exact) mass is 522 g/mol. The summed E-state index contributed by atoms with van der Waals surface area (Å²) in [5.41, 5.74) is 0.153. The number of sulfone groups is 1. The predicted octanol–water partition coefficient (Wildman–Crippen LogP) is 3.24. The average Bonchev–Trinajstić information content (AvgIpc) is 3.34. The Kier molecular flexibility index (Phi) is 10.6. The molecule has 3 rings (SSSR count). The first-order chi connectivity index (χ1) is 16.9. The van der Waals surface area contributed by atoms with Crippen LogP contribution >= 0.6 is 11.3 Å². The topological polar surface area (TPSA) is 126 Å². The summed E-state index contributed by atoms with van der Waals surface area (Å²) in [5.74, 6) is -0.150. The molecular weight excluding hydrogens is 488 g/mol. The van der Waals surface area contributed by atoms with E-state index in [0.29, 0.717) is 6.54 Å². The van der Waals surface area contributed by atoms with Crippen LogP contribution in [-0.2, 0) is 14.6 Å². The molecule has 2 aromatic rings. The van der Waals surface area contributed by atoms with Gasteiger partial charge in [0.2, 0.25) is 0 Å². The summed E-state index contributed by atoms with van der Waals surface area (Å²) < 4.78 is 29.3. The third-order valence-corrected chi connectivity index (χ3v) is 8.47. The molecule has 0 spiro atoms. The maximum absolute atomic E-state index is 12.7. The number of thiazole rings is 1. The summed E-state index contributed by atoms with van der Waals surface area (Å²) in [6.45, 7) is 3.94. The van der Waals surface area contributed by atoms with E-state index in [9.17, 15) is 18.0 Å². The summed E-state index contributed by atoms with van der Waals surface area (Å²) in [4.78, 5) is 29.0. The van der Waals surface area contributed by atoms with Crippen molar-refractivity contribution in [3.05, 3.63) is 35.2 Å². The van der Waals surface area contributed by atoms with Gasteiger partial charge in [0.1, 0.15) is 5.75 Å². The second-order valence-electron chi connectivity index (χ2n) is 8.54. The van der Waals surface area contributed by atoms with Crippen molar-refractivity contribution in [2.45, 2.75) is 50.5 Å². The normalized spacial score (nSPS) is 14.5. The lowest BCUT2D eigenvalue weighted by atomic mass is 9.87. The SMILES string of the molecule is CCS(=O)(=O)c1csc(NC(=O)c2ccccc2OC(=O)CNCCNCCC2CCCCC2)n1. The van der Waals surface area contributed by atoms with E-state index in [2.05, 4.69) is 20.9 Å². The van der Waals surface area contributed by atoms with Gasteiger partial charge in [-0.3, -0.25) is 14.9 Å². The molecule has 0 aliphatic heterocycles. The van der Waals surface area contributed by atoms with Gasteiger partial charge in [0.15, 0.2) is 20.0 Å². The number of carbonyl (C=O) groups is 2. The van der Waals surface area contributed by atoms with E-state index in [1.54, 1.807) is 12.1 Å². The Hall–Kier alpha value is -2.34. The van der Waals surface area contributed by atoms with Crippen LogP contribution in [0.5, 0.6) is 5.75 Å². The zero-order valence-electron chi connectivity index (χ0n) is 20.0. The molecule has 1 saturated carbocycles. The highest BCUT2D eigenvalue weighted by molar-refractivity contribution is 7.91. The lowest BCUT2D eigenvalue weighted by molar-refractivity contribution is -0.133. The second-order valence-corrected chi connectivity index (χ2v) is 11.6. The minimum absolute atomic E-state index is 0.0188. The van der Waals surface area contributed by atoms with Gasteiger partial charge in [-0.2, -0.15) is 0 Å². The highest BCUT2D eigenvalue weighted by atomic mass is 32.2. The van der Waals surface area contributed by atoms with Gasteiger partial charge in [-0.15, -0.1) is 11.3 Å². The maximum Gasteiger partial charge on any atom is 0.325 e. The van der Waals surface area contributed by atoms with Crippen LogP contribution in [0.3, 0.4) is 0 Å². The Labute approximate surface area is 211 Å². The number of nitrogens with zero attached hydrogens (tertiary/aromatic N) is 1. The number of para-hydroxylation sites is 1. The molecule has 3 N–H and O–H groups in total. The van der Waals surface area contributed by atoms with Crippen molar-refractivity contribution in [2.75, 3.05) is 37.2 Å². The Morgan fingerprint density at radius 2 is 1.83 bits per heavy atom. The van der Waals surface area contributed by atoms with E-state index in [1.165, 1.54) is 63.0 Å². The van der Waals surface area contributed by atoms with Crippen molar-refractivity contribution in [1.29, 1.82) is 0 Å². The summed E-state index contributed by atoms with van der Waals surface area (Å²) in [7, 11) is -3.46. The quantitative estimate of drug-likeness (QED) is 0.208. The molecule has 0 saturated heterocycles. The van der Waals surface area contributed by atoms with Crippen LogP contribution in [-0.4, -0.2) is 57.2 Å². The van der Waals surface area contributed by atoms with Crippen LogP contribution in [0.1, 0.15) is 55.8 Å². The Morgan fingerprint density at radius 3 is 2.60 bits per heavy atom. The molecule has 1 heterocycles. The third-order valence-electron chi connectivity index (χ3n) is 5.96. The average molecular weight is 523 g/mol. The standard InChI is InChI=1S/C24H34N4O5S2/c1-2-35(31,32)21-17-34-24(27-21)28-23(30)19-10-6-7-11-20(19)33-22(29)16-26-15-14-25-13-12-18-8-4-3-5-9-18/h6-7,10-11,17-18,25-26H,2-5,8-9,12-16H2,1H3,(H,27,28,30). The fourth-order valence-electron chi connectivity index (χ4n) is 3.95. The summed E-state index contributed by atoms with van der Waals surface area (Å²) in [6, 6.07) is 6.38. The van der Waals surface area contributed by atoms with Gasteiger partial charge in [0.25, 0.3) is 5.91 Å². The van der Waals surface area contributed by atoms with Crippen molar-refractivity contribution in [3.63, 3.8) is 0 Å². The Bertz CT molecular complexity index is 1080. The van der Waals surface area contributed by atoms with Crippen LogP contribution in [0.4, 0.5) is 5.13 Å². The number of carbonyl (C=O) groups excluding carboxylic acids is 2. The zero-order chi connectivity index (χ0) is 25.1.